The number of hydrogen-bond acceptors (Lipinski definition) is 3. The Balaban J connectivity index is 0.00000108. The fourth-order valence-corrected chi connectivity index (χ4v) is 1.89. The molecule has 0 atom stereocenters. The number of hydrogen-bond donors (Lipinski definition) is 2. The van der Waals surface area contributed by atoms with Crippen LogP contribution in [0.25, 0.3) is 21.8 Å². The van der Waals surface area contributed by atoms with Crippen molar-refractivity contribution in [3.05, 3.63) is 42.5 Å². The summed E-state index contributed by atoms with van der Waals surface area (Å²) in [6, 6.07) is 13.7. The van der Waals surface area contributed by atoms with Gasteiger partial charge < -0.3 is 11.5 Å². The van der Waals surface area contributed by atoms with E-state index in [0.717, 1.165) is 21.8 Å². The average molecular weight is 246 g/mol. The quantitative estimate of drug-likeness (QED) is 0.473. The Morgan fingerprint density at radius 1 is 0.882 bits per heavy atom. The van der Waals surface area contributed by atoms with Crippen LogP contribution in [0, 0.1) is 0 Å². The number of benzene rings is 2. The van der Waals surface area contributed by atoms with Gasteiger partial charge in [-0.3, -0.25) is 0 Å². The highest BCUT2D eigenvalue weighted by atomic mass is 35.5. The molecule has 17 heavy (non-hydrogen) atoms. The minimum Gasteiger partial charge on any atom is -0.397 e. The van der Waals surface area contributed by atoms with E-state index >= 15 is 0 Å². The van der Waals surface area contributed by atoms with Gasteiger partial charge in [-0.15, -0.1) is 12.4 Å². The summed E-state index contributed by atoms with van der Waals surface area (Å²) in [6.07, 6.45) is 0. The maximum Gasteiger partial charge on any atom is 0.0731 e. The molecule has 1 heterocycles. The maximum atomic E-state index is 5.94. The molecular formula is C13H12ClN3. The zero-order valence-corrected chi connectivity index (χ0v) is 9.87. The van der Waals surface area contributed by atoms with E-state index in [4.69, 9.17) is 11.5 Å². The van der Waals surface area contributed by atoms with E-state index in [1.54, 1.807) is 6.07 Å². The van der Waals surface area contributed by atoms with Gasteiger partial charge in [0.15, 0.2) is 0 Å². The van der Waals surface area contributed by atoms with Crippen LogP contribution in [0.1, 0.15) is 0 Å². The summed E-state index contributed by atoms with van der Waals surface area (Å²) in [5.74, 6) is 0. The molecule has 4 heteroatoms. The van der Waals surface area contributed by atoms with Gasteiger partial charge >= 0.3 is 0 Å². The van der Waals surface area contributed by atoms with Gasteiger partial charge in [0.2, 0.25) is 0 Å². The molecule has 3 rings (SSSR count). The Hall–Kier alpha value is -2.00. The van der Waals surface area contributed by atoms with Crippen LogP contribution in [0.2, 0.25) is 0 Å². The van der Waals surface area contributed by atoms with Crippen molar-refractivity contribution >= 4 is 45.6 Å². The Kier molecular flexibility index (Phi) is 2.77. The van der Waals surface area contributed by atoms with Crippen molar-refractivity contribution in [2.75, 3.05) is 11.5 Å². The second-order valence-corrected chi connectivity index (χ2v) is 3.82. The number of halogens is 1. The molecule has 3 aromatic rings. The first kappa shape index (κ1) is 11.5. The standard InChI is InChI=1S/C13H11N3.ClH/c14-10-5-6-12-9(13(10)15)7-8-3-1-2-4-11(8)16-12;/h1-7H,14-15H2;1H. The number of rotatable bonds is 0. The van der Waals surface area contributed by atoms with Gasteiger partial charge in [0.25, 0.3) is 0 Å². The van der Waals surface area contributed by atoms with Gasteiger partial charge in [-0.25, -0.2) is 4.98 Å². The minimum absolute atomic E-state index is 0. The number of anilines is 2. The highest BCUT2D eigenvalue weighted by molar-refractivity contribution is 6.02. The molecule has 0 fully saturated rings. The smallest absolute Gasteiger partial charge is 0.0731 e. The summed E-state index contributed by atoms with van der Waals surface area (Å²) in [5.41, 5.74) is 14.8. The molecule has 0 aliphatic rings. The minimum atomic E-state index is 0. The maximum absolute atomic E-state index is 5.94. The van der Waals surface area contributed by atoms with Crippen molar-refractivity contribution in [1.82, 2.24) is 4.98 Å². The first-order valence-corrected chi connectivity index (χ1v) is 5.09. The third-order valence-corrected chi connectivity index (χ3v) is 2.78. The van der Waals surface area contributed by atoms with Crippen LogP contribution in [0.5, 0.6) is 0 Å². The number of fused-ring (bicyclic) bond motifs is 2. The van der Waals surface area contributed by atoms with Crippen LogP contribution >= 0.6 is 12.4 Å². The topological polar surface area (TPSA) is 64.9 Å². The van der Waals surface area contributed by atoms with Gasteiger partial charge in [-0.05, 0) is 24.3 Å². The Morgan fingerprint density at radius 3 is 2.47 bits per heavy atom. The van der Waals surface area contributed by atoms with E-state index in [1.165, 1.54) is 0 Å². The van der Waals surface area contributed by atoms with Crippen LogP contribution in [0.4, 0.5) is 11.4 Å². The van der Waals surface area contributed by atoms with E-state index in [-0.39, 0.29) is 12.4 Å². The molecule has 0 saturated carbocycles. The summed E-state index contributed by atoms with van der Waals surface area (Å²) >= 11 is 0. The van der Waals surface area contributed by atoms with E-state index in [9.17, 15) is 0 Å². The third-order valence-electron chi connectivity index (χ3n) is 2.78. The lowest BCUT2D eigenvalue weighted by molar-refractivity contribution is 1.50. The third kappa shape index (κ3) is 1.74. The molecule has 0 saturated heterocycles. The Labute approximate surface area is 105 Å². The zero-order chi connectivity index (χ0) is 11.1. The van der Waals surface area contributed by atoms with Gasteiger partial charge in [-0.2, -0.15) is 0 Å². The number of pyridine rings is 1. The van der Waals surface area contributed by atoms with Gasteiger partial charge in [0.05, 0.1) is 22.4 Å². The van der Waals surface area contributed by atoms with Crippen LogP contribution in [-0.2, 0) is 0 Å². The Bertz CT molecular complexity index is 695. The predicted molar refractivity (Wildman–Crippen MR) is 75.3 cm³/mol. The van der Waals surface area contributed by atoms with Crippen molar-refractivity contribution in [3.63, 3.8) is 0 Å². The molecular weight excluding hydrogens is 234 g/mol. The van der Waals surface area contributed by atoms with Gasteiger partial charge in [0.1, 0.15) is 0 Å². The molecule has 0 amide bonds. The summed E-state index contributed by atoms with van der Waals surface area (Å²) in [6.45, 7) is 0. The van der Waals surface area contributed by atoms with Crippen molar-refractivity contribution in [2.24, 2.45) is 0 Å². The van der Waals surface area contributed by atoms with Crippen LogP contribution in [-0.4, -0.2) is 4.98 Å². The molecule has 2 aromatic carbocycles. The van der Waals surface area contributed by atoms with Crippen LogP contribution in [0.3, 0.4) is 0 Å². The van der Waals surface area contributed by atoms with Crippen LogP contribution in [0.15, 0.2) is 42.5 Å². The predicted octanol–water partition coefficient (Wildman–Crippen LogP) is 2.97. The normalized spacial score (nSPS) is 10.4. The van der Waals surface area contributed by atoms with Gasteiger partial charge in [-0.1, -0.05) is 18.2 Å². The number of nitrogen functional groups attached to an aromatic ring is 2. The number of nitrogens with two attached hydrogens (primary N) is 2. The monoisotopic (exact) mass is 245 g/mol. The highest BCUT2D eigenvalue weighted by Crippen LogP contribution is 2.28. The molecule has 3 nitrogen and oxygen atoms in total. The second-order valence-electron chi connectivity index (χ2n) is 3.82. The lowest BCUT2D eigenvalue weighted by Gasteiger charge is -2.06. The lowest BCUT2D eigenvalue weighted by Crippen LogP contribution is -1.96. The summed E-state index contributed by atoms with van der Waals surface area (Å²) < 4.78 is 0. The Morgan fingerprint density at radius 2 is 1.65 bits per heavy atom. The van der Waals surface area contributed by atoms with Crippen LogP contribution < -0.4 is 11.5 Å². The lowest BCUT2D eigenvalue weighted by atomic mass is 10.1. The van der Waals surface area contributed by atoms with Crippen molar-refractivity contribution in [2.45, 2.75) is 0 Å². The average Bonchev–Trinajstić information content (AvgIpc) is 2.32. The molecule has 86 valence electrons. The summed E-state index contributed by atoms with van der Waals surface area (Å²) in [5, 5.41) is 1.99. The van der Waals surface area contributed by atoms with E-state index in [0.29, 0.717) is 11.4 Å². The fraction of sp³-hybridized carbons (Fsp3) is 0. The summed E-state index contributed by atoms with van der Waals surface area (Å²) in [4.78, 5) is 4.54. The molecule has 0 aliphatic carbocycles. The second kappa shape index (κ2) is 4.11. The first-order chi connectivity index (χ1) is 7.75. The molecule has 1 aromatic heterocycles. The molecule has 0 bridgehead atoms. The number of aromatic nitrogens is 1. The fourth-order valence-electron chi connectivity index (χ4n) is 1.89. The number of para-hydroxylation sites is 1. The molecule has 0 unspecified atom stereocenters. The summed E-state index contributed by atoms with van der Waals surface area (Å²) in [7, 11) is 0. The van der Waals surface area contributed by atoms with E-state index in [1.807, 2.05) is 36.4 Å². The molecule has 0 spiro atoms. The van der Waals surface area contributed by atoms with Crippen molar-refractivity contribution < 1.29 is 0 Å². The largest absolute Gasteiger partial charge is 0.397 e. The van der Waals surface area contributed by atoms with E-state index < -0.39 is 0 Å². The SMILES string of the molecule is Cl.Nc1ccc2nc3ccccc3cc2c1N. The molecule has 0 radical (unpaired) electrons. The highest BCUT2D eigenvalue weighted by Gasteiger charge is 2.04. The zero-order valence-electron chi connectivity index (χ0n) is 9.05. The van der Waals surface area contributed by atoms with E-state index in [2.05, 4.69) is 4.98 Å². The molecule has 4 N–H and O–H groups in total. The number of nitrogens with zero attached hydrogens (tertiary/aromatic N) is 1. The van der Waals surface area contributed by atoms with Crippen molar-refractivity contribution in [1.29, 1.82) is 0 Å². The van der Waals surface area contributed by atoms with Crippen molar-refractivity contribution in [3.8, 4) is 0 Å². The van der Waals surface area contributed by atoms with Gasteiger partial charge in [0, 0.05) is 10.8 Å². The molecule has 0 aliphatic heterocycles. The first-order valence-electron chi connectivity index (χ1n) is 5.09.